The molecule has 3 nitrogen and oxygen atoms in total. The van der Waals surface area contributed by atoms with Gasteiger partial charge in [0.05, 0.1) is 0 Å². The summed E-state index contributed by atoms with van der Waals surface area (Å²) in [5.74, 6) is 0. The third-order valence-corrected chi connectivity index (χ3v) is 3.36. The number of hydrogen-bond donors (Lipinski definition) is 1. The zero-order valence-electron chi connectivity index (χ0n) is 14.0. The molecule has 0 aromatic carbocycles. The van der Waals surface area contributed by atoms with Gasteiger partial charge in [0.25, 0.3) is 0 Å². The number of rotatable bonds is 13. The molecule has 116 valence electrons. The molecule has 0 unspecified atom stereocenters. The monoisotopic (exact) mass is 271 g/mol. The summed E-state index contributed by atoms with van der Waals surface area (Å²) in [7, 11) is 4.32. The lowest BCUT2D eigenvalue weighted by Gasteiger charge is -2.23. The Labute approximate surface area is 121 Å². The highest BCUT2D eigenvalue weighted by atomic mass is 15.2. The lowest BCUT2D eigenvalue weighted by atomic mass is 10.2. The van der Waals surface area contributed by atoms with Gasteiger partial charge in [0, 0.05) is 19.1 Å². The standard InChI is InChI=1S/C16H37N3/c1-6-12-19(15-14-18(4)5)13-10-8-7-9-11-17-16(2)3/h16-17H,6-15H2,1-5H3. The molecule has 0 radical (unpaired) electrons. The Morgan fingerprint density at radius 3 is 2.11 bits per heavy atom. The normalized spacial score (nSPS) is 12.0. The van der Waals surface area contributed by atoms with E-state index in [4.69, 9.17) is 0 Å². The average Bonchev–Trinajstić information content (AvgIpc) is 2.34. The van der Waals surface area contributed by atoms with Crippen molar-refractivity contribution in [3.63, 3.8) is 0 Å². The molecule has 0 saturated heterocycles. The van der Waals surface area contributed by atoms with Gasteiger partial charge in [0.15, 0.2) is 0 Å². The van der Waals surface area contributed by atoms with Gasteiger partial charge in [-0.25, -0.2) is 0 Å². The number of hydrogen-bond acceptors (Lipinski definition) is 3. The first-order valence-electron chi connectivity index (χ1n) is 8.16. The fraction of sp³-hybridized carbons (Fsp3) is 1.00. The molecule has 19 heavy (non-hydrogen) atoms. The summed E-state index contributed by atoms with van der Waals surface area (Å²) < 4.78 is 0. The van der Waals surface area contributed by atoms with E-state index in [0.29, 0.717) is 6.04 Å². The van der Waals surface area contributed by atoms with E-state index in [0.717, 1.165) is 0 Å². The second kappa shape index (κ2) is 12.9. The van der Waals surface area contributed by atoms with Crippen molar-refractivity contribution in [3.8, 4) is 0 Å². The molecular weight excluding hydrogens is 234 g/mol. The molecule has 0 spiro atoms. The van der Waals surface area contributed by atoms with Gasteiger partial charge in [-0.05, 0) is 53.0 Å². The smallest absolute Gasteiger partial charge is 0.0109 e. The van der Waals surface area contributed by atoms with Crippen LogP contribution in [-0.2, 0) is 0 Å². The number of nitrogens with one attached hydrogen (secondary N) is 1. The second-order valence-electron chi connectivity index (χ2n) is 6.17. The van der Waals surface area contributed by atoms with Gasteiger partial charge < -0.3 is 15.1 Å². The molecule has 0 bridgehead atoms. The van der Waals surface area contributed by atoms with Crippen LogP contribution in [0.15, 0.2) is 0 Å². The van der Waals surface area contributed by atoms with E-state index in [1.54, 1.807) is 0 Å². The Morgan fingerprint density at radius 2 is 1.53 bits per heavy atom. The topological polar surface area (TPSA) is 18.5 Å². The second-order valence-corrected chi connectivity index (χ2v) is 6.17. The van der Waals surface area contributed by atoms with Crippen molar-refractivity contribution >= 4 is 0 Å². The highest BCUT2D eigenvalue weighted by molar-refractivity contribution is 4.60. The molecule has 0 aromatic rings. The van der Waals surface area contributed by atoms with Crippen molar-refractivity contribution in [1.82, 2.24) is 15.1 Å². The van der Waals surface area contributed by atoms with Crippen molar-refractivity contribution < 1.29 is 0 Å². The fourth-order valence-corrected chi connectivity index (χ4v) is 2.20. The Kier molecular flexibility index (Phi) is 12.8. The number of unbranched alkanes of at least 4 members (excludes halogenated alkanes) is 3. The highest BCUT2D eigenvalue weighted by Gasteiger charge is 2.03. The summed E-state index contributed by atoms with van der Waals surface area (Å²) in [6.45, 7) is 12.8. The highest BCUT2D eigenvalue weighted by Crippen LogP contribution is 2.02. The van der Waals surface area contributed by atoms with Crippen molar-refractivity contribution in [3.05, 3.63) is 0 Å². The van der Waals surface area contributed by atoms with Gasteiger partial charge in [0.1, 0.15) is 0 Å². The van der Waals surface area contributed by atoms with E-state index in [2.05, 4.69) is 50.0 Å². The first-order valence-corrected chi connectivity index (χ1v) is 8.16. The van der Waals surface area contributed by atoms with E-state index in [1.807, 2.05) is 0 Å². The molecule has 0 heterocycles. The van der Waals surface area contributed by atoms with Gasteiger partial charge in [-0.2, -0.15) is 0 Å². The Morgan fingerprint density at radius 1 is 0.842 bits per heavy atom. The minimum atomic E-state index is 0.631. The molecule has 1 N–H and O–H groups in total. The average molecular weight is 271 g/mol. The summed E-state index contributed by atoms with van der Waals surface area (Å²) in [5.41, 5.74) is 0. The van der Waals surface area contributed by atoms with Crippen LogP contribution in [0.3, 0.4) is 0 Å². The summed E-state index contributed by atoms with van der Waals surface area (Å²) in [4.78, 5) is 4.90. The largest absolute Gasteiger partial charge is 0.315 e. The van der Waals surface area contributed by atoms with Crippen LogP contribution in [0.4, 0.5) is 0 Å². The number of nitrogens with zero attached hydrogens (tertiary/aromatic N) is 2. The zero-order valence-corrected chi connectivity index (χ0v) is 14.0. The molecule has 3 heteroatoms. The fourth-order valence-electron chi connectivity index (χ4n) is 2.20. The Hall–Kier alpha value is -0.120. The molecule has 0 atom stereocenters. The molecule has 0 aromatic heterocycles. The number of likely N-dealkylation sites (N-methyl/N-ethyl adjacent to an activating group) is 1. The molecule has 0 aliphatic rings. The maximum atomic E-state index is 3.48. The van der Waals surface area contributed by atoms with Crippen LogP contribution in [-0.4, -0.2) is 62.7 Å². The lowest BCUT2D eigenvalue weighted by molar-refractivity contribution is 0.236. The first kappa shape index (κ1) is 18.9. The predicted molar refractivity (Wildman–Crippen MR) is 86.9 cm³/mol. The SMILES string of the molecule is CCCN(CCCCCCNC(C)C)CCN(C)C. The third-order valence-electron chi connectivity index (χ3n) is 3.36. The van der Waals surface area contributed by atoms with Crippen LogP contribution in [0.5, 0.6) is 0 Å². The molecule has 0 saturated carbocycles. The van der Waals surface area contributed by atoms with Crippen LogP contribution in [0.1, 0.15) is 52.9 Å². The summed E-state index contributed by atoms with van der Waals surface area (Å²) in [6, 6.07) is 0.631. The van der Waals surface area contributed by atoms with Crippen molar-refractivity contribution in [2.24, 2.45) is 0 Å². The Balaban J connectivity index is 3.47. The molecule has 0 aliphatic carbocycles. The van der Waals surface area contributed by atoms with Gasteiger partial charge >= 0.3 is 0 Å². The van der Waals surface area contributed by atoms with E-state index in [-0.39, 0.29) is 0 Å². The quantitative estimate of drug-likeness (QED) is 0.520. The molecule has 0 amide bonds. The van der Waals surface area contributed by atoms with Crippen LogP contribution in [0.25, 0.3) is 0 Å². The van der Waals surface area contributed by atoms with Gasteiger partial charge in [-0.3, -0.25) is 0 Å². The zero-order chi connectivity index (χ0) is 14.5. The van der Waals surface area contributed by atoms with Crippen LogP contribution < -0.4 is 5.32 Å². The van der Waals surface area contributed by atoms with Crippen molar-refractivity contribution in [2.45, 2.75) is 58.9 Å². The van der Waals surface area contributed by atoms with Crippen LogP contribution >= 0.6 is 0 Å². The summed E-state index contributed by atoms with van der Waals surface area (Å²) >= 11 is 0. The van der Waals surface area contributed by atoms with E-state index in [9.17, 15) is 0 Å². The molecule has 0 rings (SSSR count). The summed E-state index contributed by atoms with van der Waals surface area (Å²) in [5, 5.41) is 3.48. The van der Waals surface area contributed by atoms with Crippen LogP contribution in [0.2, 0.25) is 0 Å². The van der Waals surface area contributed by atoms with Gasteiger partial charge in [-0.1, -0.05) is 33.6 Å². The Bertz CT molecular complexity index is 181. The van der Waals surface area contributed by atoms with E-state index >= 15 is 0 Å². The van der Waals surface area contributed by atoms with E-state index < -0.39 is 0 Å². The van der Waals surface area contributed by atoms with Gasteiger partial charge in [-0.15, -0.1) is 0 Å². The molecular formula is C16H37N3. The first-order chi connectivity index (χ1) is 9.06. The minimum Gasteiger partial charge on any atom is -0.315 e. The third kappa shape index (κ3) is 14.1. The van der Waals surface area contributed by atoms with Crippen molar-refractivity contribution in [1.29, 1.82) is 0 Å². The predicted octanol–water partition coefficient (Wildman–Crippen LogP) is 2.82. The molecule has 0 aliphatic heterocycles. The summed E-state index contributed by atoms with van der Waals surface area (Å²) in [6.07, 6.45) is 6.69. The van der Waals surface area contributed by atoms with Crippen molar-refractivity contribution in [2.75, 3.05) is 46.8 Å². The van der Waals surface area contributed by atoms with Gasteiger partial charge in [0.2, 0.25) is 0 Å². The minimum absolute atomic E-state index is 0.631. The maximum absolute atomic E-state index is 3.48. The molecule has 0 fully saturated rings. The lowest BCUT2D eigenvalue weighted by Crippen LogP contribution is -2.33. The van der Waals surface area contributed by atoms with Crippen LogP contribution in [0, 0.1) is 0 Å². The maximum Gasteiger partial charge on any atom is 0.0109 e. The van der Waals surface area contributed by atoms with E-state index in [1.165, 1.54) is 64.8 Å².